The molecule has 2 unspecified atom stereocenters. The summed E-state index contributed by atoms with van der Waals surface area (Å²) in [5.74, 6) is 0.0700. The van der Waals surface area contributed by atoms with Gasteiger partial charge in [-0.3, -0.25) is 0 Å². The van der Waals surface area contributed by atoms with Gasteiger partial charge < -0.3 is 21.7 Å². The fraction of sp³-hybridized carbons (Fsp3) is 0.455. The Hall–Kier alpha value is -1.10. The quantitative estimate of drug-likeness (QED) is 0.579. The Kier molecular flexibility index (Phi) is 4.08. The maximum absolute atomic E-state index is 9.88. The zero-order chi connectivity index (χ0) is 11.4. The second-order valence-electron chi connectivity index (χ2n) is 3.75. The third-order valence-corrected chi connectivity index (χ3v) is 2.41. The van der Waals surface area contributed by atoms with Gasteiger partial charge in [-0.2, -0.15) is 0 Å². The minimum absolute atomic E-state index is 0.0700. The van der Waals surface area contributed by atoms with Gasteiger partial charge in [-0.1, -0.05) is 11.6 Å². The number of hydrogen-bond donors (Lipinski definition) is 4. The number of phenols is 1. The van der Waals surface area contributed by atoms with Gasteiger partial charge in [0.15, 0.2) is 0 Å². The van der Waals surface area contributed by atoms with Crippen LogP contribution in [-0.4, -0.2) is 22.8 Å². The third kappa shape index (κ3) is 2.92. The van der Waals surface area contributed by atoms with Crippen molar-refractivity contribution in [1.82, 2.24) is 0 Å². The summed E-state index contributed by atoms with van der Waals surface area (Å²) < 4.78 is 0. The van der Waals surface area contributed by atoms with Crippen molar-refractivity contribution in [1.29, 1.82) is 0 Å². The van der Waals surface area contributed by atoms with Crippen LogP contribution in [0.3, 0.4) is 0 Å². The smallest absolute Gasteiger partial charge is 0.121 e. The van der Waals surface area contributed by atoms with Crippen LogP contribution in [0.25, 0.3) is 0 Å². The van der Waals surface area contributed by atoms with Crippen LogP contribution in [0.15, 0.2) is 18.2 Å². The molecule has 1 aromatic carbocycles. The highest BCUT2D eigenvalue weighted by atomic mass is 16.3. The number of rotatable bonds is 4. The number of aliphatic hydroxyl groups is 1. The lowest BCUT2D eigenvalue weighted by Gasteiger charge is -2.19. The molecule has 1 rings (SSSR count). The standard InChI is InChI=1S/C11H18N2O2/c1-7-2-3-10(14)8(6-7)11(15)9(13)4-5-12/h2-3,6,9,11,14-15H,4-5,12-13H2,1H3. The van der Waals surface area contributed by atoms with Crippen LogP contribution in [0.4, 0.5) is 0 Å². The minimum Gasteiger partial charge on any atom is -0.508 e. The SMILES string of the molecule is Cc1ccc(O)c(C(O)C(N)CCN)c1. The molecule has 0 bridgehead atoms. The van der Waals surface area contributed by atoms with Gasteiger partial charge in [-0.05, 0) is 32.0 Å². The Labute approximate surface area is 89.5 Å². The molecule has 1 aromatic rings. The molecular formula is C11H18N2O2. The average molecular weight is 210 g/mol. The van der Waals surface area contributed by atoms with Gasteiger partial charge in [-0.25, -0.2) is 0 Å². The predicted molar refractivity (Wildman–Crippen MR) is 59.5 cm³/mol. The van der Waals surface area contributed by atoms with Crippen LogP contribution in [0, 0.1) is 6.92 Å². The molecule has 0 aliphatic rings. The van der Waals surface area contributed by atoms with E-state index in [1.54, 1.807) is 18.2 Å². The molecule has 0 aromatic heterocycles. The number of aryl methyl sites for hydroxylation is 1. The zero-order valence-electron chi connectivity index (χ0n) is 8.85. The molecular weight excluding hydrogens is 192 g/mol. The zero-order valence-corrected chi connectivity index (χ0v) is 8.85. The van der Waals surface area contributed by atoms with E-state index in [2.05, 4.69) is 0 Å². The van der Waals surface area contributed by atoms with Crippen molar-refractivity contribution in [3.8, 4) is 5.75 Å². The number of benzene rings is 1. The first-order valence-corrected chi connectivity index (χ1v) is 4.99. The fourth-order valence-electron chi connectivity index (χ4n) is 1.49. The molecule has 0 aliphatic heterocycles. The van der Waals surface area contributed by atoms with Gasteiger partial charge in [0.2, 0.25) is 0 Å². The Bertz CT molecular complexity index is 328. The van der Waals surface area contributed by atoms with Crippen molar-refractivity contribution in [2.24, 2.45) is 11.5 Å². The lowest BCUT2D eigenvalue weighted by atomic mass is 9.98. The molecule has 6 N–H and O–H groups in total. The summed E-state index contributed by atoms with van der Waals surface area (Å²) in [5.41, 5.74) is 12.5. The van der Waals surface area contributed by atoms with E-state index in [9.17, 15) is 10.2 Å². The van der Waals surface area contributed by atoms with Gasteiger partial charge in [0.05, 0.1) is 6.10 Å². The van der Waals surface area contributed by atoms with E-state index in [0.29, 0.717) is 18.5 Å². The number of hydrogen-bond acceptors (Lipinski definition) is 4. The lowest BCUT2D eigenvalue weighted by Crippen LogP contribution is -2.30. The fourth-order valence-corrected chi connectivity index (χ4v) is 1.49. The number of phenolic OH excluding ortho intramolecular Hbond substituents is 1. The van der Waals surface area contributed by atoms with Gasteiger partial charge in [0.25, 0.3) is 0 Å². The highest BCUT2D eigenvalue weighted by Crippen LogP contribution is 2.27. The molecule has 0 saturated carbocycles. The van der Waals surface area contributed by atoms with E-state index in [4.69, 9.17) is 11.5 Å². The van der Waals surface area contributed by atoms with E-state index in [0.717, 1.165) is 5.56 Å². The van der Waals surface area contributed by atoms with Crippen LogP contribution in [0.1, 0.15) is 23.7 Å². The lowest BCUT2D eigenvalue weighted by molar-refractivity contribution is 0.140. The molecule has 4 heteroatoms. The van der Waals surface area contributed by atoms with Crippen LogP contribution >= 0.6 is 0 Å². The van der Waals surface area contributed by atoms with E-state index < -0.39 is 12.1 Å². The molecule has 0 heterocycles. The Balaban J connectivity index is 2.89. The predicted octanol–water partition coefficient (Wildman–Crippen LogP) is 0.410. The van der Waals surface area contributed by atoms with Crippen molar-refractivity contribution in [3.05, 3.63) is 29.3 Å². The van der Waals surface area contributed by atoms with E-state index in [-0.39, 0.29) is 5.75 Å². The summed E-state index contributed by atoms with van der Waals surface area (Å²) in [6.45, 7) is 2.31. The second-order valence-corrected chi connectivity index (χ2v) is 3.75. The monoisotopic (exact) mass is 210 g/mol. The maximum atomic E-state index is 9.88. The van der Waals surface area contributed by atoms with E-state index in [1.165, 1.54) is 0 Å². The molecule has 15 heavy (non-hydrogen) atoms. The van der Waals surface area contributed by atoms with Crippen LogP contribution in [0.5, 0.6) is 5.75 Å². The van der Waals surface area contributed by atoms with Crippen molar-refractivity contribution < 1.29 is 10.2 Å². The van der Waals surface area contributed by atoms with Gasteiger partial charge in [0, 0.05) is 11.6 Å². The Morgan fingerprint density at radius 2 is 2.07 bits per heavy atom. The second kappa shape index (κ2) is 5.11. The minimum atomic E-state index is -0.867. The summed E-state index contributed by atoms with van der Waals surface area (Å²) in [6.07, 6.45) is -0.345. The van der Waals surface area contributed by atoms with Crippen molar-refractivity contribution in [2.45, 2.75) is 25.5 Å². The molecule has 84 valence electrons. The number of nitrogens with two attached hydrogens (primary N) is 2. The van der Waals surface area contributed by atoms with Gasteiger partial charge in [0.1, 0.15) is 5.75 Å². The summed E-state index contributed by atoms with van der Waals surface area (Å²) in [4.78, 5) is 0. The third-order valence-electron chi connectivity index (χ3n) is 2.41. The first-order chi connectivity index (χ1) is 7.06. The topological polar surface area (TPSA) is 92.5 Å². The highest BCUT2D eigenvalue weighted by Gasteiger charge is 2.19. The molecule has 4 nitrogen and oxygen atoms in total. The number of aliphatic hydroxyl groups excluding tert-OH is 1. The summed E-state index contributed by atoms with van der Waals surface area (Å²) in [7, 11) is 0. The van der Waals surface area contributed by atoms with Crippen LogP contribution < -0.4 is 11.5 Å². The molecule has 0 aliphatic carbocycles. The first-order valence-electron chi connectivity index (χ1n) is 4.99. The molecule has 2 atom stereocenters. The van der Waals surface area contributed by atoms with E-state index >= 15 is 0 Å². The Morgan fingerprint density at radius 1 is 1.40 bits per heavy atom. The number of aromatic hydroxyl groups is 1. The van der Waals surface area contributed by atoms with Crippen LogP contribution in [-0.2, 0) is 0 Å². The highest BCUT2D eigenvalue weighted by molar-refractivity contribution is 5.37. The normalized spacial score (nSPS) is 14.9. The van der Waals surface area contributed by atoms with Gasteiger partial charge >= 0.3 is 0 Å². The van der Waals surface area contributed by atoms with E-state index in [1.807, 2.05) is 6.92 Å². The van der Waals surface area contributed by atoms with Crippen molar-refractivity contribution in [2.75, 3.05) is 6.54 Å². The summed E-state index contributed by atoms with van der Waals surface area (Å²) in [5, 5.41) is 19.5. The van der Waals surface area contributed by atoms with Crippen molar-refractivity contribution >= 4 is 0 Å². The Morgan fingerprint density at radius 3 is 2.67 bits per heavy atom. The first kappa shape index (κ1) is 12.0. The maximum Gasteiger partial charge on any atom is 0.121 e. The molecule has 0 radical (unpaired) electrons. The summed E-state index contributed by atoms with van der Waals surface area (Å²) in [6, 6.07) is 4.63. The molecule has 0 fully saturated rings. The largest absolute Gasteiger partial charge is 0.508 e. The molecule has 0 spiro atoms. The van der Waals surface area contributed by atoms with Crippen molar-refractivity contribution in [3.63, 3.8) is 0 Å². The summed E-state index contributed by atoms with van der Waals surface area (Å²) >= 11 is 0. The van der Waals surface area contributed by atoms with Gasteiger partial charge in [-0.15, -0.1) is 0 Å². The molecule has 0 amide bonds. The molecule has 0 saturated heterocycles. The van der Waals surface area contributed by atoms with Crippen LogP contribution in [0.2, 0.25) is 0 Å². The average Bonchev–Trinajstić information content (AvgIpc) is 2.21.